The number of aromatic amines is 1. The zero-order valence-corrected chi connectivity index (χ0v) is 12.4. The Morgan fingerprint density at radius 3 is 2.87 bits per heavy atom. The average molecular weight is 308 g/mol. The maximum atomic E-state index is 13.9. The number of hydrogen-bond donors (Lipinski definition) is 1. The van der Waals surface area contributed by atoms with Crippen molar-refractivity contribution in [2.75, 3.05) is 0 Å². The van der Waals surface area contributed by atoms with Crippen LogP contribution in [0.15, 0.2) is 42.7 Å². The Kier molecular flexibility index (Phi) is 3.11. The smallest absolute Gasteiger partial charge is 0.202 e. The highest BCUT2D eigenvalue weighted by atomic mass is 19.1. The van der Waals surface area contributed by atoms with E-state index in [0.717, 1.165) is 10.9 Å². The van der Waals surface area contributed by atoms with Gasteiger partial charge in [0.05, 0.1) is 18.3 Å². The van der Waals surface area contributed by atoms with Gasteiger partial charge in [-0.3, -0.25) is 14.8 Å². The molecule has 0 aliphatic rings. The lowest BCUT2D eigenvalue weighted by molar-refractivity contribution is 0.590. The molecule has 23 heavy (non-hydrogen) atoms. The summed E-state index contributed by atoms with van der Waals surface area (Å²) in [5, 5.41) is 12.4. The molecular formula is C16H13FN6. The average Bonchev–Trinajstić information content (AvgIpc) is 3.14. The third-order valence-electron chi connectivity index (χ3n) is 3.64. The van der Waals surface area contributed by atoms with Crippen molar-refractivity contribution in [3.63, 3.8) is 0 Å². The van der Waals surface area contributed by atoms with Gasteiger partial charge < -0.3 is 0 Å². The first-order valence-corrected chi connectivity index (χ1v) is 7.15. The maximum Gasteiger partial charge on any atom is 0.202 e. The first kappa shape index (κ1) is 13.6. The largest absolute Gasteiger partial charge is 0.263 e. The fraction of sp³-hybridized carbons (Fsp3) is 0.125. The van der Waals surface area contributed by atoms with Gasteiger partial charge in [0.25, 0.3) is 0 Å². The van der Waals surface area contributed by atoms with Crippen LogP contribution in [0.1, 0.15) is 11.4 Å². The molecule has 4 aromatic rings. The molecule has 0 fully saturated rings. The van der Waals surface area contributed by atoms with E-state index < -0.39 is 0 Å². The minimum Gasteiger partial charge on any atom is -0.263 e. The number of rotatable bonds is 3. The van der Waals surface area contributed by atoms with E-state index in [4.69, 9.17) is 0 Å². The van der Waals surface area contributed by atoms with Crippen molar-refractivity contribution in [2.24, 2.45) is 0 Å². The summed E-state index contributed by atoms with van der Waals surface area (Å²) in [5.74, 6) is 0.979. The summed E-state index contributed by atoms with van der Waals surface area (Å²) >= 11 is 0. The number of hydrogen-bond acceptors (Lipinski definition) is 4. The summed E-state index contributed by atoms with van der Waals surface area (Å²) in [5.41, 5.74) is 2.04. The number of aromatic nitrogens is 6. The summed E-state index contributed by atoms with van der Waals surface area (Å²) in [6.07, 6.45) is 3.41. The first-order chi connectivity index (χ1) is 11.2. The summed E-state index contributed by atoms with van der Waals surface area (Å²) in [6.45, 7) is 2.15. The molecule has 0 spiro atoms. The van der Waals surface area contributed by atoms with Crippen molar-refractivity contribution in [3.8, 4) is 11.5 Å². The monoisotopic (exact) mass is 308 g/mol. The van der Waals surface area contributed by atoms with Crippen LogP contribution in [0.4, 0.5) is 4.39 Å². The second kappa shape index (κ2) is 5.28. The summed E-state index contributed by atoms with van der Waals surface area (Å²) in [4.78, 5) is 8.48. The Balaban J connectivity index is 1.86. The minimum atomic E-state index is -0.254. The second-order valence-corrected chi connectivity index (χ2v) is 5.23. The van der Waals surface area contributed by atoms with Gasteiger partial charge in [-0.1, -0.05) is 18.2 Å². The van der Waals surface area contributed by atoms with Gasteiger partial charge in [-0.2, -0.15) is 10.2 Å². The fourth-order valence-corrected chi connectivity index (χ4v) is 2.54. The molecule has 6 nitrogen and oxygen atoms in total. The van der Waals surface area contributed by atoms with Gasteiger partial charge >= 0.3 is 0 Å². The molecule has 0 radical (unpaired) electrons. The van der Waals surface area contributed by atoms with E-state index in [1.807, 2.05) is 19.1 Å². The highest BCUT2D eigenvalue weighted by molar-refractivity contribution is 5.90. The lowest BCUT2D eigenvalue weighted by Gasteiger charge is -2.04. The number of nitrogens with one attached hydrogen (secondary N) is 1. The minimum absolute atomic E-state index is 0.254. The molecule has 0 amide bonds. The lowest BCUT2D eigenvalue weighted by atomic mass is 10.2. The quantitative estimate of drug-likeness (QED) is 0.631. The molecule has 0 atom stereocenters. The summed E-state index contributed by atoms with van der Waals surface area (Å²) < 4.78 is 15.6. The number of benzene rings is 1. The normalized spacial score (nSPS) is 11.2. The van der Waals surface area contributed by atoms with Crippen LogP contribution >= 0.6 is 0 Å². The molecule has 7 heteroatoms. The number of aryl methyl sites for hydroxylation is 1. The Morgan fingerprint density at radius 2 is 2.09 bits per heavy atom. The van der Waals surface area contributed by atoms with Gasteiger partial charge in [-0.05, 0) is 19.1 Å². The van der Waals surface area contributed by atoms with Crippen LogP contribution in [-0.4, -0.2) is 29.9 Å². The third-order valence-corrected chi connectivity index (χ3v) is 3.64. The number of nitrogens with zero attached hydrogens (tertiary/aromatic N) is 5. The topological polar surface area (TPSA) is 72.3 Å². The van der Waals surface area contributed by atoms with Crippen molar-refractivity contribution in [2.45, 2.75) is 13.5 Å². The summed E-state index contributed by atoms with van der Waals surface area (Å²) in [6, 6.07) is 8.53. The Labute approximate surface area is 131 Å². The van der Waals surface area contributed by atoms with Crippen LogP contribution in [0.3, 0.4) is 0 Å². The SMILES string of the molecule is Cc1nc(-c2nn(Cc3ccccc3F)c3cnccc23)n[nH]1. The molecule has 0 bridgehead atoms. The molecule has 3 aromatic heterocycles. The summed E-state index contributed by atoms with van der Waals surface area (Å²) in [7, 11) is 0. The standard InChI is InChI=1S/C16H13FN6/c1-10-19-16(21-20-10)15-12-6-7-18-8-14(12)23(22-15)9-11-4-2-3-5-13(11)17/h2-8H,9H2,1H3,(H,19,20,21). The molecule has 0 aliphatic heterocycles. The van der Waals surface area contributed by atoms with Crippen LogP contribution < -0.4 is 0 Å². The molecule has 0 saturated heterocycles. The van der Waals surface area contributed by atoms with E-state index >= 15 is 0 Å². The highest BCUT2D eigenvalue weighted by Gasteiger charge is 2.16. The first-order valence-electron chi connectivity index (χ1n) is 7.15. The van der Waals surface area contributed by atoms with Crippen molar-refractivity contribution in [1.82, 2.24) is 29.9 Å². The van der Waals surface area contributed by atoms with E-state index in [0.29, 0.717) is 29.5 Å². The molecule has 3 heterocycles. The van der Waals surface area contributed by atoms with Crippen LogP contribution in [0, 0.1) is 12.7 Å². The van der Waals surface area contributed by atoms with Crippen molar-refractivity contribution in [3.05, 3.63) is 59.9 Å². The van der Waals surface area contributed by atoms with E-state index in [2.05, 4.69) is 25.3 Å². The molecule has 0 unspecified atom stereocenters. The van der Waals surface area contributed by atoms with Gasteiger partial charge in [-0.25, -0.2) is 9.37 Å². The number of H-pyrrole nitrogens is 1. The number of fused-ring (bicyclic) bond motifs is 1. The van der Waals surface area contributed by atoms with Crippen molar-refractivity contribution in [1.29, 1.82) is 0 Å². The van der Waals surface area contributed by atoms with Crippen LogP contribution in [-0.2, 0) is 6.54 Å². The van der Waals surface area contributed by atoms with E-state index in [1.54, 1.807) is 29.2 Å². The molecule has 1 aromatic carbocycles. The van der Waals surface area contributed by atoms with Crippen LogP contribution in [0.2, 0.25) is 0 Å². The molecular weight excluding hydrogens is 295 g/mol. The number of halogens is 1. The molecule has 0 saturated carbocycles. The molecule has 114 valence electrons. The lowest BCUT2D eigenvalue weighted by Crippen LogP contribution is -2.04. The number of pyridine rings is 1. The van der Waals surface area contributed by atoms with E-state index in [9.17, 15) is 4.39 Å². The van der Waals surface area contributed by atoms with Crippen molar-refractivity contribution >= 4 is 10.9 Å². The van der Waals surface area contributed by atoms with Crippen LogP contribution in [0.25, 0.3) is 22.4 Å². The second-order valence-electron chi connectivity index (χ2n) is 5.23. The molecule has 1 N–H and O–H groups in total. The zero-order chi connectivity index (χ0) is 15.8. The molecule has 4 rings (SSSR count). The van der Waals surface area contributed by atoms with Gasteiger partial charge in [0.2, 0.25) is 5.82 Å². The third kappa shape index (κ3) is 2.36. The van der Waals surface area contributed by atoms with Crippen molar-refractivity contribution < 1.29 is 4.39 Å². The van der Waals surface area contributed by atoms with Gasteiger partial charge in [0.1, 0.15) is 17.3 Å². The van der Waals surface area contributed by atoms with Gasteiger partial charge in [-0.15, -0.1) is 0 Å². The predicted octanol–water partition coefficient (Wildman–Crippen LogP) is 2.71. The molecule has 0 aliphatic carbocycles. The van der Waals surface area contributed by atoms with Gasteiger partial charge in [0, 0.05) is 17.1 Å². The predicted molar refractivity (Wildman–Crippen MR) is 83.1 cm³/mol. The maximum absolute atomic E-state index is 13.9. The Hall–Kier alpha value is -3.09. The zero-order valence-electron chi connectivity index (χ0n) is 12.4. The van der Waals surface area contributed by atoms with Crippen LogP contribution in [0.5, 0.6) is 0 Å². The van der Waals surface area contributed by atoms with E-state index in [1.165, 1.54) is 6.07 Å². The highest BCUT2D eigenvalue weighted by Crippen LogP contribution is 2.25. The Morgan fingerprint density at radius 1 is 1.22 bits per heavy atom. The van der Waals surface area contributed by atoms with E-state index in [-0.39, 0.29) is 5.82 Å². The fourth-order valence-electron chi connectivity index (χ4n) is 2.54. The van der Waals surface area contributed by atoms with Gasteiger partial charge in [0.15, 0.2) is 0 Å². The Bertz CT molecular complexity index is 987.